The maximum absolute atomic E-state index is 13.0. The first-order chi connectivity index (χ1) is 14.1. The van der Waals surface area contributed by atoms with Crippen molar-refractivity contribution >= 4 is 22.8 Å². The van der Waals surface area contributed by atoms with Gasteiger partial charge in [0.1, 0.15) is 5.75 Å². The second kappa shape index (κ2) is 8.50. The molecule has 4 heteroatoms. The Morgan fingerprint density at radius 1 is 1.00 bits per heavy atom. The quantitative estimate of drug-likeness (QED) is 0.624. The number of carbonyl (C=O) groups is 1. The molecule has 3 aromatic rings. The van der Waals surface area contributed by atoms with Crippen LogP contribution >= 0.6 is 0 Å². The Hall–Kier alpha value is -3.11. The van der Waals surface area contributed by atoms with E-state index in [4.69, 9.17) is 4.74 Å². The van der Waals surface area contributed by atoms with E-state index in [9.17, 15) is 4.79 Å². The van der Waals surface area contributed by atoms with Crippen molar-refractivity contribution in [3.05, 3.63) is 83.9 Å². The molecule has 0 aliphatic carbocycles. The molecule has 1 aliphatic rings. The van der Waals surface area contributed by atoms with Crippen molar-refractivity contribution in [3.63, 3.8) is 0 Å². The van der Waals surface area contributed by atoms with Crippen LogP contribution in [-0.2, 0) is 4.79 Å². The Balaban J connectivity index is 1.54. The van der Waals surface area contributed by atoms with Crippen LogP contribution in [0.25, 0.3) is 16.8 Å². The van der Waals surface area contributed by atoms with Crippen LogP contribution in [-0.4, -0.2) is 49.5 Å². The summed E-state index contributed by atoms with van der Waals surface area (Å²) >= 11 is 0. The fourth-order valence-corrected chi connectivity index (χ4v) is 3.88. The SMILES string of the molecule is COc1ccc2cc(/C=C/C(=O)N3CCN(C)CC3c3ccccc3)ccc2c1. The minimum Gasteiger partial charge on any atom is -0.497 e. The van der Waals surface area contributed by atoms with Gasteiger partial charge in [0.25, 0.3) is 0 Å². The zero-order chi connectivity index (χ0) is 20.2. The number of nitrogens with zero attached hydrogens (tertiary/aromatic N) is 2. The molecule has 0 bridgehead atoms. The fraction of sp³-hybridized carbons (Fsp3) is 0.240. The number of hydrogen-bond acceptors (Lipinski definition) is 3. The molecule has 148 valence electrons. The molecule has 1 saturated heterocycles. The van der Waals surface area contributed by atoms with Gasteiger partial charge in [0.2, 0.25) is 5.91 Å². The molecule has 0 radical (unpaired) electrons. The van der Waals surface area contributed by atoms with Crippen LogP contribution in [0.2, 0.25) is 0 Å². The number of piperazine rings is 1. The van der Waals surface area contributed by atoms with E-state index in [-0.39, 0.29) is 11.9 Å². The van der Waals surface area contributed by atoms with Crippen molar-refractivity contribution in [1.82, 2.24) is 9.80 Å². The van der Waals surface area contributed by atoms with Gasteiger partial charge in [-0.1, -0.05) is 48.5 Å². The Morgan fingerprint density at radius 2 is 1.76 bits per heavy atom. The van der Waals surface area contributed by atoms with Gasteiger partial charge in [0.05, 0.1) is 13.2 Å². The second-order valence-corrected chi connectivity index (χ2v) is 7.53. The summed E-state index contributed by atoms with van der Waals surface area (Å²) in [5.41, 5.74) is 2.20. The van der Waals surface area contributed by atoms with Crippen LogP contribution < -0.4 is 4.74 Å². The third kappa shape index (κ3) is 4.33. The second-order valence-electron chi connectivity index (χ2n) is 7.53. The van der Waals surface area contributed by atoms with Gasteiger partial charge in [-0.3, -0.25) is 4.79 Å². The molecular formula is C25H26N2O2. The topological polar surface area (TPSA) is 32.8 Å². The van der Waals surface area contributed by atoms with Gasteiger partial charge in [-0.15, -0.1) is 0 Å². The molecule has 1 atom stereocenters. The number of ether oxygens (including phenoxy) is 1. The van der Waals surface area contributed by atoms with Gasteiger partial charge in [-0.25, -0.2) is 0 Å². The molecule has 1 fully saturated rings. The lowest BCUT2D eigenvalue weighted by Gasteiger charge is -2.40. The number of rotatable bonds is 4. The molecule has 3 aromatic carbocycles. The van der Waals surface area contributed by atoms with Gasteiger partial charge in [-0.05, 0) is 53.2 Å². The van der Waals surface area contributed by atoms with Crippen LogP contribution in [0.5, 0.6) is 5.75 Å². The van der Waals surface area contributed by atoms with E-state index in [0.29, 0.717) is 0 Å². The summed E-state index contributed by atoms with van der Waals surface area (Å²) in [5, 5.41) is 2.25. The summed E-state index contributed by atoms with van der Waals surface area (Å²) in [4.78, 5) is 17.3. The number of carbonyl (C=O) groups excluding carboxylic acids is 1. The highest BCUT2D eigenvalue weighted by Gasteiger charge is 2.28. The lowest BCUT2D eigenvalue weighted by atomic mass is 10.0. The predicted octanol–water partition coefficient (Wildman–Crippen LogP) is 4.38. The van der Waals surface area contributed by atoms with Crippen molar-refractivity contribution in [2.45, 2.75) is 6.04 Å². The molecule has 1 heterocycles. The minimum absolute atomic E-state index is 0.0572. The number of benzene rings is 3. The van der Waals surface area contributed by atoms with Crippen LogP contribution in [0, 0.1) is 0 Å². The van der Waals surface area contributed by atoms with E-state index in [1.165, 1.54) is 5.56 Å². The smallest absolute Gasteiger partial charge is 0.247 e. The predicted molar refractivity (Wildman–Crippen MR) is 118 cm³/mol. The average Bonchev–Trinajstić information content (AvgIpc) is 2.77. The Morgan fingerprint density at radius 3 is 2.55 bits per heavy atom. The van der Waals surface area contributed by atoms with E-state index >= 15 is 0 Å². The minimum atomic E-state index is 0.0572. The van der Waals surface area contributed by atoms with Crippen molar-refractivity contribution in [2.24, 2.45) is 0 Å². The Kier molecular flexibility index (Phi) is 5.63. The van der Waals surface area contributed by atoms with Gasteiger partial charge in [0.15, 0.2) is 0 Å². The lowest BCUT2D eigenvalue weighted by Crippen LogP contribution is -2.48. The highest BCUT2D eigenvalue weighted by atomic mass is 16.5. The van der Waals surface area contributed by atoms with E-state index in [1.807, 2.05) is 53.4 Å². The van der Waals surface area contributed by atoms with Crippen LogP contribution in [0.3, 0.4) is 0 Å². The Bertz CT molecular complexity index is 1030. The number of hydrogen-bond donors (Lipinski definition) is 0. The standard InChI is InChI=1S/C25H26N2O2/c1-26-14-15-27(24(18-26)20-6-4-3-5-7-20)25(28)13-9-19-8-10-22-17-23(29-2)12-11-21(22)16-19/h3-13,16-17,24H,14-15,18H2,1-2H3/b13-9+. The molecule has 0 spiro atoms. The van der Waals surface area contributed by atoms with Gasteiger partial charge < -0.3 is 14.5 Å². The van der Waals surface area contributed by atoms with E-state index in [1.54, 1.807) is 13.2 Å². The molecule has 0 saturated carbocycles. The average molecular weight is 386 g/mol. The summed E-state index contributed by atoms with van der Waals surface area (Å²) in [7, 11) is 3.78. The summed E-state index contributed by atoms with van der Waals surface area (Å²) in [6, 6.07) is 22.6. The largest absolute Gasteiger partial charge is 0.497 e. The molecule has 0 N–H and O–H groups in total. The lowest BCUT2D eigenvalue weighted by molar-refractivity contribution is -0.130. The fourth-order valence-electron chi connectivity index (χ4n) is 3.88. The van der Waals surface area contributed by atoms with E-state index < -0.39 is 0 Å². The summed E-state index contributed by atoms with van der Waals surface area (Å²) in [6.45, 7) is 2.47. The van der Waals surface area contributed by atoms with E-state index in [0.717, 1.165) is 41.7 Å². The summed E-state index contributed by atoms with van der Waals surface area (Å²) < 4.78 is 5.29. The van der Waals surface area contributed by atoms with Crippen molar-refractivity contribution in [3.8, 4) is 5.75 Å². The highest BCUT2D eigenvalue weighted by molar-refractivity contribution is 5.93. The normalized spacial score (nSPS) is 17.7. The zero-order valence-electron chi connectivity index (χ0n) is 16.9. The molecular weight excluding hydrogens is 360 g/mol. The number of fused-ring (bicyclic) bond motifs is 1. The van der Waals surface area contributed by atoms with Crippen molar-refractivity contribution in [1.29, 1.82) is 0 Å². The molecule has 0 aromatic heterocycles. The molecule has 4 nitrogen and oxygen atoms in total. The van der Waals surface area contributed by atoms with E-state index in [2.05, 4.69) is 36.2 Å². The van der Waals surface area contributed by atoms with Gasteiger partial charge in [0, 0.05) is 25.7 Å². The highest BCUT2D eigenvalue weighted by Crippen LogP contribution is 2.26. The summed E-state index contributed by atoms with van der Waals surface area (Å²) in [5.74, 6) is 0.903. The number of likely N-dealkylation sites (N-methyl/N-ethyl adjacent to an activating group) is 1. The number of amides is 1. The Labute approximate surface area is 172 Å². The molecule has 4 rings (SSSR count). The monoisotopic (exact) mass is 386 g/mol. The van der Waals surface area contributed by atoms with Crippen LogP contribution in [0.4, 0.5) is 0 Å². The maximum Gasteiger partial charge on any atom is 0.247 e. The van der Waals surface area contributed by atoms with Crippen molar-refractivity contribution < 1.29 is 9.53 Å². The third-order valence-electron chi connectivity index (χ3n) is 5.54. The molecule has 1 amide bonds. The van der Waals surface area contributed by atoms with Crippen LogP contribution in [0.1, 0.15) is 17.2 Å². The van der Waals surface area contributed by atoms with Crippen molar-refractivity contribution in [2.75, 3.05) is 33.8 Å². The first-order valence-electron chi connectivity index (χ1n) is 9.94. The first kappa shape index (κ1) is 19.2. The van der Waals surface area contributed by atoms with Crippen LogP contribution in [0.15, 0.2) is 72.8 Å². The zero-order valence-corrected chi connectivity index (χ0v) is 16.9. The first-order valence-corrected chi connectivity index (χ1v) is 9.94. The molecule has 29 heavy (non-hydrogen) atoms. The van der Waals surface area contributed by atoms with Gasteiger partial charge >= 0.3 is 0 Å². The maximum atomic E-state index is 13.0. The molecule has 1 unspecified atom stereocenters. The summed E-state index contributed by atoms with van der Waals surface area (Å²) in [6.07, 6.45) is 3.61. The van der Waals surface area contributed by atoms with Gasteiger partial charge in [-0.2, -0.15) is 0 Å². The molecule has 1 aliphatic heterocycles. The number of methoxy groups -OCH3 is 1. The third-order valence-corrected chi connectivity index (χ3v) is 5.54.